The minimum atomic E-state index is 0.596. The van der Waals surface area contributed by atoms with E-state index < -0.39 is 0 Å². The number of aromatic nitrogens is 2. The molecule has 0 spiro atoms. The Labute approximate surface area is 101 Å². The van der Waals surface area contributed by atoms with Gasteiger partial charge in [-0.05, 0) is 26.7 Å². The molecule has 0 radical (unpaired) electrons. The molecule has 0 bridgehead atoms. The van der Waals surface area contributed by atoms with Gasteiger partial charge in [-0.15, -0.1) is 0 Å². The Hall–Kier alpha value is -0.680. The van der Waals surface area contributed by atoms with Gasteiger partial charge in [0.15, 0.2) is 0 Å². The van der Waals surface area contributed by atoms with E-state index in [4.69, 9.17) is 4.74 Å². The number of hydrogen-bond acceptors (Lipinski definition) is 5. The lowest BCUT2D eigenvalue weighted by Crippen LogP contribution is -2.32. The fraction of sp³-hybridized carbons (Fsp3) is 0.818. The summed E-state index contributed by atoms with van der Waals surface area (Å²) in [4.78, 5) is 6.98. The third kappa shape index (κ3) is 2.35. The van der Waals surface area contributed by atoms with Crippen LogP contribution in [0.4, 0.5) is 5.13 Å². The van der Waals surface area contributed by atoms with Crippen LogP contribution in [-0.2, 0) is 11.2 Å². The normalized spacial score (nSPS) is 25.3. The molecule has 0 aliphatic carbocycles. The Balaban J connectivity index is 2.06. The van der Waals surface area contributed by atoms with E-state index in [1.54, 1.807) is 7.11 Å². The molecule has 1 aliphatic heterocycles. The van der Waals surface area contributed by atoms with Crippen molar-refractivity contribution >= 4 is 16.7 Å². The first kappa shape index (κ1) is 11.8. The highest BCUT2D eigenvalue weighted by Crippen LogP contribution is 2.31. The van der Waals surface area contributed by atoms with Crippen LogP contribution >= 0.6 is 11.5 Å². The van der Waals surface area contributed by atoms with Crippen LogP contribution in [0.1, 0.15) is 32.5 Å². The van der Waals surface area contributed by atoms with Gasteiger partial charge in [0.2, 0.25) is 5.13 Å². The summed E-state index contributed by atoms with van der Waals surface area (Å²) >= 11 is 1.51. The molecule has 5 heteroatoms. The maximum Gasteiger partial charge on any atom is 0.205 e. The maximum atomic E-state index is 5.03. The van der Waals surface area contributed by atoms with Gasteiger partial charge in [-0.2, -0.15) is 4.37 Å². The van der Waals surface area contributed by atoms with E-state index in [2.05, 4.69) is 28.1 Å². The standard InChI is InChI=1S/C11H19N3OS/c1-8-4-5-9(2)14(8)11-12-10(13-16-11)6-7-15-3/h8-9H,4-7H2,1-3H3/t8-,9-/m1/s1. The molecule has 2 heterocycles. The van der Waals surface area contributed by atoms with Crippen molar-refractivity contribution in [1.29, 1.82) is 0 Å². The molecule has 0 amide bonds. The van der Waals surface area contributed by atoms with Crippen LogP contribution in [0.2, 0.25) is 0 Å². The topological polar surface area (TPSA) is 38.2 Å². The Kier molecular flexibility index (Phi) is 3.76. The molecule has 1 aliphatic rings. The number of hydrogen-bond donors (Lipinski definition) is 0. The first-order valence-electron chi connectivity index (χ1n) is 5.82. The van der Waals surface area contributed by atoms with Crippen molar-refractivity contribution in [3.8, 4) is 0 Å². The SMILES string of the molecule is COCCc1nsc(N2[C@H](C)CC[C@H]2C)n1. The molecule has 1 fully saturated rings. The van der Waals surface area contributed by atoms with Gasteiger partial charge < -0.3 is 9.64 Å². The zero-order chi connectivity index (χ0) is 11.5. The fourth-order valence-corrected chi connectivity index (χ4v) is 3.14. The molecule has 1 aromatic rings. The van der Waals surface area contributed by atoms with Crippen LogP contribution in [0.3, 0.4) is 0 Å². The average molecular weight is 241 g/mol. The smallest absolute Gasteiger partial charge is 0.205 e. The molecular weight excluding hydrogens is 222 g/mol. The fourth-order valence-electron chi connectivity index (χ4n) is 2.22. The summed E-state index contributed by atoms with van der Waals surface area (Å²) in [6, 6.07) is 1.19. The highest BCUT2D eigenvalue weighted by atomic mass is 32.1. The molecule has 4 nitrogen and oxygen atoms in total. The molecule has 2 atom stereocenters. The van der Waals surface area contributed by atoms with Crippen molar-refractivity contribution in [2.24, 2.45) is 0 Å². The van der Waals surface area contributed by atoms with Gasteiger partial charge in [0.1, 0.15) is 5.82 Å². The Morgan fingerprint density at radius 1 is 1.38 bits per heavy atom. The van der Waals surface area contributed by atoms with Crippen molar-refractivity contribution in [2.45, 2.75) is 45.2 Å². The van der Waals surface area contributed by atoms with Crippen LogP contribution in [0, 0.1) is 0 Å². The zero-order valence-electron chi connectivity index (χ0n) is 10.1. The predicted octanol–water partition coefficient (Wildman–Crippen LogP) is 2.10. The van der Waals surface area contributed by atoms with Crippen LogP contribution in [0.15, 0.2) is 0 Å². The quantitative estimate of drug-likeness (QED) is 0.809. The summed E-state index contributed by atoms with van der Waals surface area (Å²) in [6.45, 7) is 5.22. The summed E-state index contributed by atoms with van der Waals surface area (Å²) in [7, 11) is 1.71. The second-order valence-electron chi connectivity index (χ2n) is 4.42. The molecule has 16 heavy (non-hydrogen) atoms. The number of ether oxygens (including phenoxy) is 1. The Morgan fingerprint density at radius 3 is 2.69 bits per heavy atom. The largest absolute Gasteiger partial charge is 0.384 e. The van der Waals surface area contributed by atoms with Gasteiger partial charge in [-0.1, -0.05) is 0 Å². The van der Waals surface area contributed by atoms with Gasteiger partial charge in [0.05, 0.1) is 6.61 Å². The molecule has 1 saturated heterocycles. The lowest BCUT2D eigenvalue weighted by molar-refractivity contribution is 0.201. The highest BCUT2D eigenvalue weighted by molar-refractivity contribution is 7.09. The van der Waals surface area contributed by atoms with Crippen LogP contribution in [-0.4, -0.2) is 35.2 Å². The molecule has 0 aromatic carbocycles. The predicted molar refractivity (Wildman–Crippen MR) is 66.1 cm³/mol. The minimum absolute atomic E-state index is 0.596. The van der Waals surface area contributed by atoms with E-state index in [-0.39, 0.29) is 0 Å². The minimum Gasteiger partial charge on any atom is -0.384 e. The number of anilines is 1. The van der Waals surface area contributed by atoms with Crippen molar-refractivity contribution in [3.05, 3.63) is 5.82 Å². The number of rotatable bonds is 4. The number of methoxy groups -OCH3 is 1. The lowest BCUT2D eigenvalue weighted by atomic mass is 10.2. The highest BCUT2D eigenvalue weighted by Gasteiger charge is 2.29. The van der Waals surface area contributed by atoms with E-state index >= 15 is 0 Å². The van der Waals surface area contributed by atoms with Gasteiger partial charge in [-0.3, -0.25) is 0 Å². The molecule has 2 rings (SSSR count). The summed E-state index contributed by atoms with van der Waals surface area (Å²) in [6.07, 6.45) is 3.33. The summed E-state index contributed by atoms with van der Waals surface area (Å²) in [5.41, 5.74) is 0. The monoisotopic (exact) mass is 241 g/mol. The molecule has 1 aromatic heterocycles. The molecule has 0 saturated carbocycles. The van der Waals surface area contributed by atoms with E-state index in [1.165, 1.54) is 24.4 Å². The average Bonchev–Trinajstić information content (AvgIpc) is 2.83. The number of nitrogens with zero attached hydrogens (tertiary/aromatic N) is 3. The zero-order valence-corrected chi connectivity index (χ0v) is 11.0. The first-order chi connectivity index (χ1) is 7.72. The lowest BCUT2D eigenvalue weighted by Gasteiger charge is -2.24. The van der Waals surface area contributed by atoms with Gasteiger partial charge in [-0.25, -0.2) is 4.98 Å². The van der Waals surface area contributed by atoms with Gasteiger partial charge in [0, 0.05) is 37.1 Å². The van der Waals surface area contributed by atoms with Crippen molar-refractivity contribution in [2.75, 3.05) is 18.6 Å². The first-order valence-corrected chi connectivity index (χ1v) is 6.59. The van der Waals surface area contributed by atoms with E-state index in [9.17, 15) is 0 Å². The van der Waals surface area contributed by atoms with E-state index in [1.807, 2.05) is 0 Å². The van der Waals surface area contributed by atoms with Crippen LogP contribution in [0.25, 0.3) is 0 Å². The molecule has 0 N–H and O–H groups in total. The van der Waals surface area contributed by atoms with E-state index in [0.717, 1.165) is 17.4 Å². The second-order valence-corrected chi connectivity index (χ2v) is 5.15. The van der Waals surface area contributed by atoms with Crippen LogP contribution in [0.5, 0.6) is 0 Å². The van der Waals surface area contributed by atoms with Gasteiger partial charge >= 0.3 is 0 Å². The Morgan fingerprint density at radius 2 is 2.06 bits per heavy atom. The van der Waals surface area contributed by atoms with Crippen molar-refractivity contribution in [3.63, 3.8) is 0 Å². The third-order valence-corrected chi connectivity index (χ3v) is 3.93. The molecule has 0 unspecified atom stereocenters. The summed E-state index contributed by atoms with van der Waals surface area (Å²) in [5.74, 6) is 0.910. The van der Waals surface area contributed by atoms with Gasteiger partial charge in [0.25, 0.3) is 0 Å². The summed E-state index contributed by atoms with van der Waals surface area (Å²) < 4.78 is 9.41. The Bertz CT molecular complexity index is 332. The van der Waals surface area contributed by atoms with Crippen molar-refractivity contribution in [1.82, 2.24) is 9.36 Å². The molecular formula is C11H19N3OS. The van der Waals surface area contributed by atoms with Crippen LogP contribution < -0.4 is 4.90 Å². The summed E-state index contributed by atoms with van der Waals surface area (Å²) in [5, 5.41) is 1.07. The maximum absolute atomic E-state index is 5.03. The third-order valence-electron chi connectivity index (χ3n) is 3.16. The molecule has 90 valence electrons. The van der Waals surface area contributed by atoms with E-state index in [0.29, 0.717) is 18.7 Å². The van der Waals surface area contributed by atoms with Crippen molar-refractivity contribution < 1.29 is 4.74 Å². The second kappa shape index (κ2) is 5.10.